The molecule has 1 fully saturated rings. The summed E-state index contributed by atoms with van der Waals surface area (Å²) in [6, 6.07) is 0. The summed E-state index contributed by atoms with van der Waals surface area (Å²) < 4.78 is 0. The molecule has 1 nitrogen and oxygen atoms in total. The van der Waals surface area contributed by atoms with Crippen molar-refractivity contribution in [1.82, 2.24) is 0 Å². The van der Waals surface area contributed by atoms with E-state index in [1.165, 1.54) is 44.9 Å². The van der Waals surface area contributed by atoms with Crippen molar-refractivity contribution in [1.29, 1.82) is 5.41 Å². The second-order valence-electron chi connectivity index (χ2n) is 4.48. The van der Waals surface area contributed by atoms with Crippen LogP contribution >= 0.6 is 0 Å². The Bertz CT molecular complexity index is 163. The Morgan fingerprint density at radius 1 is 1.31 bits per heavy atom. The zero-order valence-electron chi connectivity index (χ0n) is 9.10. The van der Waals surface area contributed by atoms with Gasteiger partial charge in [0.25, 0.3) is 0 Å². The fourth-order valence-electron chi connectivity index (χ4n) is 2.59. The first-order valence-corrected chi connectivity index (χ1v) is 5.80. The first-order chi connectivity index (χ1) is 6.25. The Labute approximate surface area is 82.4 Å². The summed E-state index contributed by atoms with van der Waals surface area (Å²) in [6.07, 6.45) is 9.43. The zero-order valence-corrected chi connectivity index (χ0v) is 9.10. The van der Waals surface area contributed by atoms with Crippen LogP contribution in [0.2, 0.25) is 0 Å². The van der Waals surface area contributed by atoms with E-state index in [0.29, 0.717) is 5.92 Å². The topological polar surface area (TPSA) is 23.9 Å². The molecule has 1 rings (SSSR count). The summed E-state index contributed by atoms with van der Waals surface area (Å²) in [6.45, 7) is 4.25. The molecule has 2 unspecified atom stereocenters. The first kappa shape index (κ1) is 10.7. The normalized spacial score (nSPS) is 28.8. The minimum absolute atomic E-state index is 0.625. The Hall–Kier alpha value is -0.330. The molecular weight excluding hydrogens is 158 g/mol. The molecule has 0 saturated heterocycles. The average molecular weight is 181 g/mol. The van der Waals surface area contributed by atoms with Gasteiger partial charge in [-0.3, -0.25) is 0 Å². The number of hydrogen-bond acceptors (Lipinski definition) is 1. The average Bonchev–Trinajstić information content (AvgIpc) is 2.15. The highest BCUT2D eigenvalue weighted by Crippen LogP contribution is 2.34. The maximum atomic E-state index is 7.75. The Morgan fingerprint density at radius 2 is 2.00 bits per heavy atom. The molecule has 0 aromatic heterocycles. The number of nitrogens with one attached hydrogen (secondary N) is 1. The van der Waals surface area contributed by atoms with Gasteiger partial charge in [-0.15, -0.1) is 0 Å². The molecule has 0 aliphatic heterocycles. The van der Waals surface area contributed by atoms with Crippen molar-refractivity contribution in [2.75, 3.05) is 0 Å². The van der Waals surface area contributed by atoms with Gasteiger partial charge in [0.15, 0.2) is 0 Å². The van der Waals surface area contributed by atoms with E-state index in [1.54, 1.807) is 0 Å². The third-order valence-corrected chi connectivity index (χ3v) is 3.39. The molecule has 2 atom stereocenters. The van der Waals surface area contributed by atoms with Crippen molar-refractivity contribution < 1.29 is 0 Å². The van der Waals surface area contributed by atoms with Gasteiger partial charge in [-0.05, 0) is 38.0 Å². The van der Waals surface area contributed by atoms with E-state index < -0.39 is 0 Å². The highest BCUT2D eigenvalue weighted by atomic mass is 14.5. The van der Waals surface area contributed by atoms with Gasteiger partial charge in [-0.25, -0.2) is 0 Å². The van der Waals surface area contributed by atoms with Crippen molar-refractivity contribution in [2.24, 2.45) is 11.8 Å². The van der Waals surface area contributed by atoms with E-state index >= 15 is 0 Å². The highest BCUT2D eigenvalue weighted by Gasteiger charge is 2.25. The smallest absolute Gasteiger partial charge is 0.00918 e. The predicted molar refractivity (Wildman–Crippen MR) is 58.4 cm³/mol. The first-order valence-electron chi connectivity index (χ1n) is 5.80. The van der Waals surface area contributed by atoms with Crippen molar-refractivity contribution in [3.63, 3.8) is 0 Å². The summed E-state index contributed by atoms with van der Waals surface area (Å²) in [4.78, 5) is 0. The van der Waals surface area contributed by atoms with Crippen molar-refractivity contribution in [3.05, 3.63) is 0 Å². The molecule has 1 N–H and O–H groups in total. The summed E-state index contributed by atoms with van der Waals surface area (Å²) >= 11 is 0. The fraction of sp³-hybridized carbons (Fsp3) is 0.917. The van der Waals surface area contributed by atoms with Crippen LogP contribution in [0.15, 0.2) is 0 Å². The molecule has 1 saturated carbocycles. The van der Waals surface area contributed by atoms with E-state index in [0.717, 1.165) is 11.6 Å². The van der Waals surface area contributed by atoms with Gasteiger partial charge in [0.1, 0.15) is 0 Å². The summed E-state index contributed by atoms with van der Waals surface area (Å²) in [5.41, 5.74) is 0.931. The van der Waals surface area contributed by atoms with Gasteiger partial charge in [-0.2, -0.15) is 0 Å². The van der Waals surface area contributed by atoms with Crippen molar-refractivity contribution >= 4 is 5.71 Å². The number of hydrogen-bond donors (Lipinski definition) is 1. The largest absolute Gasteiger partial charge is 0.310 e. The lowest BCUT2D eigenvalue weighted by molar-refractivity contribution is 0.277. The third-order valence-electron chi connectivity index (χ3n) is 3.39. The second kappa shape index (κ2) is 5.41. The zero-order chi connectivity index (χ0) is 9.68. The standard InChI is InChI=1S/C12H23N/c1-3-4-7-11-8-5-6-9-12(11)10(2)13/h11-13H,3-9H2,1-2H3. The predicted octanol–water partition coefficient (Wildman–Crippen LogP) is 4.02. The van der Waals surface area contributed by atoms with Crippen LogP contribution in [0.4, 0.5) is 0 Å². The summed E-state index contributed by atoms with van der Waals surface area (Å²) in [5.74, 6) is 1.46. The Morgan fingerprint density at radius 3 is 2.62 bits per heavy atom. The van der Waals surface area contributed by atoms with Crippen LogP contribution in [0.5, 0.6) is 0 Å². The molecule has 1 aliphatic rings. The fourth-order valence-corrected chi connectivity index (χ4v) is 2.59. The number of unbranched alkanes of at least 4 members (excludes halogenated alkanes) is 1. The van der Waals surface area contributed by atoms with E-state index in [4.69, 9.17) is 5.41 Å². The van der Waals surface area contributed by atoms with Gasteiger partial charge in [0.05, 0.1) is 0 Å². The van der Waals surface area contributed by atoms with Gasteiger partial charge >= 0.3 is 0 Å². The van der Waals surface area contributed by atoms with Crippen LogP contribution in [-0.4, -0.2) is 5.71 Å². The molecule has 0 aromatic carbocycles. The van der Waals surface area contributed by atoms with E-state index in [-0.39, 0.29) is 0 Å². The van der Waals surface area contributed by atoms with Crippen LogP contribution in [0, 0.1) is 17.2 Å². The van der Waals surface area contributed by atoms with Crippen molar-refractivity contribution in [2.45, 2.75) is 58.8 Å². The molecule has 76 valence electrons. The molecule has 0 aromatic rings. The molecule has 0 radical (unpaired) electrons. The van der Waals surface area contributed by atoms with Crippen LogP contribution in [0.3, 0.4) is 0 Å². The van der Waals surface area contributed by atoms with Gasteiger partial charge in [-0.1, -0.05) is 32.6 Å². The summed E-state index contributed by atoms with van der Waals surface area (Å²) in [7, 11) is 0. The molecular formula is C12H23N. The summed E-state index contributed by atoms with van der Waals surface area (Å²) in [5, 5.41) is 7.75. The van der Waals surface area contributed by atoms with Crippen LogP contribution in [0.25, 0.3) is 0 Å². The van der Waals surface area contributed by atoms with Crippen LogP contribution < -0.4 is 0 Å². The minimum Gasteiger partial charge on any atom is -0.310 e. The SMILES string of the molecule is CCCCC1CCCCC1C(C)=N. The third kappa shape index (κ3) is 3.13. The molecule has 0 bridgehead atoms. The van der Waals surface area contributed by atoms with Crippen LogP contribution in [-0.2, 0) is 0 Å². The molecule has 0 spiro atoms. The maximum absolute atomic E-state index is 7.75. The molecule has 13 heavy (non-hydrogen) atoms. The molecule has 0 heterocycles. The quantitative estimate of drug-likeness (QED) is 0.633. The molecule has 1 heteroatoms. The molecule has 1 aliphatic carbocycles. The lowest BCUT2D eigenvalue weighted by Crippen LogP contribution is -2.25. The Kier molecular flexibility index (Phi) is 4.47. The van der Waals surface area contributed by atoms with E-state index in [1.807, 2.05) is 6.92 Å². The van der Waals surface area contributed by atoms with Gasteiger partial charge < -0.3 is 5.41 Å². The lowest BCUT2D eigenvalue weighted by atomic mass is 9.75. The molecule has 0 amide bonds. The highest BCUT2D eigenvalue weighted by molar-refractivity contribution is 5.81. The van der Waals surface area contributed by atoms with Crippen LogP contribution in [0.1, 0.15) is 58.8 Å². The second-order valence-corrected chi connectivity index (χ2v) is 4.48. The van der Waals surface area contributed by atoms with Crippen molar-refractivity contribution in [3.8, 4) is 0 Å². The van der Waals surface area contributed by atoms with Gasteiger partial charge in [0.2, 0.25) is 0 Å². The monoisotopic (exact) mass is 181 g/mol. The van der Waals surface area contributed by atoms with E-state index in [2.05, 4.69) is 6.92 Å². The van der Waals surface area contributed by atoms with E-state index in [9.17, 15) is 0 Å². The number of rotatable bonds is 4. The Balaban J connectivity index is 2.41. The lowest BCUT2D eigenvalue weighted by Gasteiger charge is -2.31. The minimum atomic E-state index is 0.625. The van der Waals surface area contributed by atoms with Gasteiger partial charge in [0, 0.05) is 5.71 Å². The maximum Gasteiger partial charge on any atom is 0.00918 e.